The number of hydrogen-bond acceptors (Lipinski definition) is 2. The molecule has 0 aromatic heterocycles. The zero-order valence-corrected chi connectivity index (χ0v) is 16.7. The predicted molar refractivity (Wildman–Crippen MR) is 114 cm³/mol. The summed E-state index contributed by atoms with van der Waals surface area (Å²) in [4.78, 5) is 13.6. The summed E-state index contributed by atoms with van der Waals surface area (Å²) in [6.07, 6.45) is 3.43. The van der Waals surface area contributed by atoms with Crippen molar-refractivity contribution in [1.82, 2.24) is 5.32 Å². The number of amides is 1. The van der Waals surface area contributed by atoms with Crippen LogP contribution in [0, 0.1) is 0 Å². The molecule has 0 aliphatic heterocycles. The molecule has 0 radical (unpaired) electrons. The van der Waals surface area contributed by atoms with Gasteiger partial charge in [-0.05, 0) is 46.2 Å². The highest BCUT2D eigenvalue weighted by Gasteiger charge is 2.06. The van der Waals surface area contributed by atoms with E-state index in [1.54, 1.807) is 13.2 Å². The van der Waals surface area contributed by atoms with E-state index >= 15 is 0 Å². The van der Waals surface area contributed by atoms with Crippen molar-refractivity contribution in [2.75, 3.05) is 21.2 Å². The van der Waals surface area contributed by atoms with Gasteiger partial charge in [-0.2, -0.15) is 0 Å². The van der Waals surface area contributed by atoms with Gasteiger partial charge in [-0.25, -0.2) is 0 Å². The van der Waals surface area contributed by atoms with Crippen molar-refractivity contribution in [3.05, 3.63) is 83.4 Å². The van der Waals surface area contributed by atoms with Crippen LogP contribution in [0.2, 0.25) is 0 Å². The van der Waals surface area contributed by atoms with Crippen LogP contribution in [0.1, 0.15) is 16.7 Å². The average Bonchev–Trinajstić information content (AvgIpc) is 2.70. The molecule has 0 spiro atoms. The lowest BCUT2D eigenvalue weighted by atomic mass is 10.1. The molecule has 144 valence electrons. The molecule has 2 N–H and O–H groups in total. The number of carbonyl (C=O) groups is 1. The third kappa shape index (κ3) is 5.21. The Kier molecular flexibility index (Phi) is 6.45. The van der Waals surface area contributed by atoms with Gasteiger partial charge in [-0.3, -0.25) is 4.79 Å². The molecule has 0 saturated carbocycles. The van der Waals surface area contributed by atoms with Gasteiger partial charge in [0.15, 0.2) is 0 Å². The normalized spacial score (nSPS) is 11.3. The third-order valence-electron chi connectivity index (χ3n) is 4.61. The minimum Gasteiger partial charge on any atom is -0.497 e. The van der Waals surface area contributed by atoms with Gasteiger partial charge < -0.3 is 15.0 Å². The van der Waals surface area contributed by atoms with E-state index in [2.05, 4.69) is 37.6 Å². The number of carbonyl (C=O) groups excluding carboxylic acids is 1. The van der Waals surface area contributed by atoms with Crippen LogP contribution in [0.25, 0.3) is 16.8 Å². The topological polar surface area (TPSA) is 42.8 Å². The van der Waals surface area contributed by atoms with E-state index in [1.807, 2.05) is 48.5 Å². The van der Waals surface area contributed by atoms with E-state index in [1.165, 1.54) is 10.5 Å². The molecule has 1 amide bonds. The molecule has 0 aliphatic carbocycles. The smallest absolute Gasteiger partial charge is 0.244 e. The molecule has 0 bridgehead atoms. The summed E-state index contributed by atoms with van der Waals surface area (Å²) in [5, 5.41) is 5.21. The Labute approximate surface area is 166 Å². The van der Waals surface area contributed by atoms with E-state index in [-0.39, 0.29) is 5.91 Å². The van der Waals surface area contributed by atoms with Crippen molar-refractivity contribution in [2.24, 2.45) is 0 Å². The van der Waals surface area contributed by atoms with Crippen LogP contribution in [-0.2, 0) is 17.9 Å². The Hall–Kier alpha value is -3.11. The van der Waals surface area contributed by atoms with Gasteiger partial charge in [-0.1, -0.05) is 42.5 Å². The Morgan fingerprint density at radius 3 is 2.46 bits per heavy atom. The van der Waals surface area contributed by atoms with Gasteiger partial charge in [0, 0.05) is 18.2 Å². The monoisotopic (exact) mass is 375 g/mol. The number of nitrogens with one attached hydrogen (secondary N) is 2. The lowest BCUT2D eigenvalue weighted by Crippen LogP contribution is -3.04. The molecular formula is C24H27N2O2+. The van der Waals surface area contributed by atoms with Gasteiger partial charge >= 0.3 is 0 Å². The SMILES string of the molecule is COc1ccc2cc(/C=C/C(=O)NCc3ccccc3C[NH+](C)C)ccc2c1. The summed E-state index contributed by atoms with van der Waals surface area (Å²) in [7, 11) is 5.91. The number of benzene rings is 3. The highest BCUT2D eigenvalue weighted by molar-refractivity contribution is 5.93. The van der Waals surface area contributed by atoms with Gasteiger partial charge in [0.25, 0.3) is 0 Å². The van der Waals surface area contributed by atoms with Crippen LogP contribution in [-0.4, -0.2) is 27.1 Å². The van der Waals surface area contributed by atoms with Crippen molar-refractivity contribution < 1.29 is 14.4 Å². The maximum Gasteiger partial charge on any atom is 0.244 e. The number of quaternary nitrogens is 1. The third-order valence-corrected chi connectivity index (χ3v) is 4.61. The fourth-order valence-corrected chi connectivity index (χ4v) is 3.17. The van der Waals surface area contributed by atoms with Gasteiger partial charge in [0.2, 0.25) is 5.91 Å². The first-order valence-corrected chi connectivity index (χ1v) is 9.44. The zero-order valence-electron chi connectivity index (χ0n) is 16.7. The van der Waals surface area contributed by atoms with Gasteiger partial charge in [0.05, 0.1) is 21.2 Å². The number of fused-ring (bicyclic) bond motifs is 1. The summed E-state index contributed by atoms with van der Waals surface area (Å²) >= 11 is 0. The molecule has 0 unspecified atom stereocenters. The number of methoxy groups -OCH3 is 1. The first kappa shape index (κ1) is 19.6. The minimum absolute atomic E-state index is 0.0955. The first-order chi connectivity index (χ1) is 13.5. The zero-order chi connectivity index (χ0) is 19.9. The second-order valence-electron chi connectivity index (χ2n) is 7.18. The fourth-order valence-electron chi connectivity index (χ4n) is 3.17. The molecule has 28 heavy (non-hydrogen) atoms. The van der Waals surface area contributed by atoms with E-state index in [0.29, 0.717) is 6.54 Å². The molecule has 4 heteroatoms. The quantitative estimate of drug-likeness (QED) is 0.624. The highest BCUT2D eigenvalue weighted by atomic mass is 16.5. The molecular weight excluding hydrogens is 348 g/mol. The van der Waals surface area contributed by atoms with Crippen molar-refractivity contribution in [3.63, 3.8) is 0 Å². The van der Waals surface area contributed by atoms with Crippen LogP contribution < -0.4 is 15.0 Å². The molecule has 0 atom stereocenters. The molecule has 3 aromatic carbocycles. The molecule has 0 aliphatic rings. The largest absolute Gasteiger partial charge is 0.497 e. The molecule has 0 saturated heterocycles. The Morgan fingerprint density at radius 1 is 1.00 bits per heavy atom. The maximum absolute atomic E-state index is 12.3. The van der Waals surface area contributed by atoms with Crippen molar-refractivity contribution >= 4 is 22.8 Å². The lowest BCUT2D eigenvalue weighted by Gasteiger charge is -2.12. The van der Waals surface area contributed by atoms with Crippen LogP contribution in [0.3, 0.4) is 0 Å². The molecule has 3 aromatic rings. The summed E-state index contributed by atoms with van der Waals surface area (Å²) < 4.78 is 5.26. The van der Waals surface area contributed by atoms with E-state index in [4.69, 9.17) is 4.74 Å². The van der Waals surface area contributed by atoms with E-state index in [9.17, 15) is 4.79 Å². The van der Waals surface area contributed by atoms with E-state index < -0.39 is 0 Å². The second-order valence-corrected chi connectivity index (χ2v) is 7.18. The van der Waals surface area contributed by atoms with Crippen LogP contribution in [0.4, 0.5) is 0 Å². The van der Waals surface area contributed by atoms with Crippen molar-refractivity contribution in [3.8, 4) is 5.75 Å². The average molecular weight is 375 g/mol. The lowest BCUT2D eigenvalue weighted by molar-refractivity contribution is -0.872. The van der Waals surface area contributed by atoms with Crippen LogP contribution in [0.5, 0.6) is 5.75 Å². The molecule has 0 heterocycles. The summed E-state index contributed by atoms with van der Waals surface area (Å²) in [6, 6.07) is 20.3. The van der Waals surface area contributed by atoms with Gasteiger partial charge in [0.1, 0.15) is 12.3 Å². The fraction of sp³-hybridized carbons (Fsp3) is 0.208. The number of hydrogen-bond donors (Lipinski definition) is 2. The highest BCUT2D eigenvalue weighted by Crippen LogP contribution is 2.22. The molecule has 0 fully saturated rings. The summed E-state index contributed by atoms with van der Waals surface area (Å²) in [6.45, 7) is 1.47. The summed E-state index contributed by atoms with van der Waals surface area (Å²) in [5.74, 6) is 0.744. The first-order valence-electron chi connectivity index (χ1n) is 9.44. The minimum atomic E-state index is -0.0955. The Balaban J connectivity index is 1.63. The second kappa shape index (κ2) is 9.20. The van der Waals surface area contributed by atoms with Gasteiger partial charge in [-0.15, -0.1) is 0 Å². The maximum atomic E-state index is 12.3. The Morgan fingerprint density at radius 2 is 1.71 bits per heavy atom. The molecule has 4 nitrogen and oxygen atoms in total. The number of ether oxygens (including phenoxy) is 1. The predicted octanol–water partition coefficient (Wildman–Crippen LogP) is 2.82. The van der Waals surface area contributed by atoms with E-state index in [0.717, 1.165) is 34.2 Å². The summed E-state index contributed by atoms with van der Waals surface area (Å²) in [5.41, 5.74) is 3.41. The number of rotatable bonds is 7. The van der Waals surface area contributed by atoms with Crippen LogP contribution >= 0.6 is 0 Å². The van der Waals surface area contributed by atoms with Crippen molar-refractivity contribution in [1.29, 1.82) is 0 Å². The standard InChI is InChI=1S/C24H26N2O2/c1-26(2)17-22-7-5-4-6-21(22)16-25-24(27)13-9-18-8-10-20-15-23(28-3)12-11-19(20)14-18/h4-15H,16-17H2,1-3H3,(H,25,27)/p+1/b13-9+. The van der Waals surface area contributed by atoms with Crippen LogP contribution in [0.15, 0.2) is 66.7 Å². The van der Waals surface area contributed by atoms with Crippen molar-refractivity contribution in [2.45, 2.75) is 13.1 Å². The Bertz CT molecular complexity index is 993. The molecule has 3 rings (SSSR count).